The van der Waals surface area contributed by atoms with Gasteiger partial charge in [-0.15, -0.1) is 0 Å². The fraction of sp³-hybridized carbons (Fsp3) is 0.300. The fourth-order valence-corrected chi connectivity index (χ4v) is 4.02. The van der Waals surface area contributed by atoms with Crippen LogP contribution >= 0.6 is 15.9 Å². The number of aromatic nitrogens is 1. The van der Waals surface area contributed by atoms with Crippen molar-refractivity contribution in [3.8, 4) is 0 Å². The molecule has 0 saturated heterocycles. The van der Waals surface area contributed by atoms with Gasteiger partial charge in [-0.1, -0.05) is 15.9 Å². The minimum Gasteiger partial charge on any atom is -0.328 e. The monoisotopic (exact) mass is 442 g/mol. The number of rotatable bonds is 3. The van der Waals surface area contributed by atoms with Gasteiger partial charge in [-0.3, -0.25) is 9.59 Å². The van der Waals surface area contributed by atoms with Gasteiger partial charge >= 0.3 is 0 Å². The van der Waals surface area contributed by atoms with E-state index in [-0.39, 0.29) is 34.9 Å². The number of hydrogen-bond donors (Lipinski definition) is 1. The molecule has 0 bridgehead atoms. The summed E-state index contributed by atoms with van der Waals surface area (Å²) in [5.74, 6) is -1.69. The molecule has 1 N–H and O–H groups in total. The fourth-order valence-electron chi connectivity index (χ4n) is 3.65. The zero-order chi connectivity index (χ0) is 20.1. The number of anilines is 1. The molecule has 2 aliphatic rings. The van der Waals surface area contributed by atoms with E-state index in [1.807, 2.05) is 12.1 Å². The summed E-state index contributed by atoms with van der Waals surface area (Å²) >= 11 is 3.46. The van der Waals surface area contributed by atoms with E-state index in [1.165, 1.54) is 18.0 Å². The van der Waals surface area contributed by atoms with E-state index in [0.717, 1.165) is 22.9 Å². The van der Waals surface area contributed by atoms with Gasteiger partial charge in [-0.2, -0.15) is 0 Å². The minimum absolute atomic E-state index is 0.0926. The molecule has 1 spiro atoms. The maximum Gasteiger partial charge on any atom is 0.254 e. The van der Waals surface area contributed by atoms with Crippen molar-refractivity contribution in [2.45, 2.75) is 25.2 Å². The van der Waals surface area contributed by atoms with Gasteiger partial charge in [-0.25, -0.2) is 14.2 Å². The highest BCUT2D eigenvalue weighted by Crippen LogP contribution is 2.52. The molecule has 1 saturated carbocycles. The maximum absolute atomic E-state index is 14.3. The summed E-state index contributed by atoms with van der Waals surface area (Å²) < 4.78 is 15.3. The van der Waals surface area contributed by atoms with Crippen LogP contribution in [0.2, 0.25) is 0 Å². The predicted molar refractivity (Wildman–Crippen MR) is 105 cm³/mol. The average molecular weight is 443 g/mol. The van der Waals surface area contributed by atoms with Gasteiger partial charge in [-0.05, 0) is 49.1 Å². The standard InChI is InChI=1S/C20H16BrFN4O2/c1-11-15(23-2)8-24-18(17(11)22)25-16(27)9-26-10-20(5-6-20)14-7-12(21)3-4-13(14)19(26)28/h3-4,7-8H,5-6,9-10H2,1H3,(H,24,25,27). The molecule has 1 fully saturated rings. The quantitative estimate of drug-likeness (QED) is 0.731. The molecular formula is C20H16BrFN4O2. The summed E-state index contributed by atoms with van der Waals surface area (Å²) in [6, 6.07) is 5.58. The highest BCUT2D eigenvalue weighted by molar-refractivity contribution is 9.10. The molecule has 1 aliphatic heterocycles. The van der Waals surface area contributed by atoms with E-state index < -0.39 is 11.7 Å². The first-order valence-electron chi connectivity index (χ1n) is 8.76. The van der Waals surface area contributed by atoms with Crippen LogP contribution in [-0.2, 0) is 10.2 Å². The van der Waals surface area contributed by atoms with E-state index in [1.54, 1.807) is 6.07 Å². The number of nitrogens with zero attached hydrogens (tertiary/aromatic N) is 3. The van der Waals surface area contributed by atoms with Crippen LogP contribution in [0.5, 0.6) is 0 Å². The first kappa shape index (κ1) is 18.6. The van der Waals surface area contributed by atoms with E-state index in [9.17, 15) is 14.0 Å². The Morgan fingerprint density at radius 2 is 2.21 bits per heavy atom. The van der Waals surface area contributed by atoms with Crippen LogP contribution in [0.25, 0.3) is 4.85 Å². The normalized spacial score (nSPS) is 16.5. The topological polar surface area (TPSA) is 66.7 Å². The molecule has 142 valence electrons. The first-order chi connectivity index (χ1) is 13.3. The molecular weight excluding hydrogens is 427 g/mol. The Balaban J connectivity index is 1.53. The Bertz CT molecular complexity index is 1060. The van der Waals surface area contributed by atoms with Crippen molar-refractivity contribution in [1.29, 1.82) is 0 Å². The molecule has 1 aromatic heterocycles. The third-order valence-corrected chi connectivity index (χ3v) is 5.86. The van der Waals surface area contributed by atoms with Crippen molar-refractivity contribution in [3.63, 3.8) is 0 Å². The van der Waals surface area contributed by atoms with Crippen LogP contribution in [0, 0.1) is 19.3 Å². The molecule has 28 heavy (non-hydrogen) atoms. The van der Waals surface area contributed by atoms with Crippen molar-refractivity contribution in [2.75, 3.05) is 18.4 Å². The molecule has 6 nitrogen and oxygen atoms in total. The number of fused-ring (bicyclic) bond motifs is 2. The highest BCUT2D eigenvalue weighted by atomic mass is 79.9. The lowest BCUT2D eigenvalue weighted by Crippen LogP contribution is -2.46. The smallest absolute Gasteiger partial charge is 0.254 e. The Hall–Kier alpha value is -2.79. The van der Waals surface area contributed by atoms with E-state index in [4.69, 9.17) is 6.57 Å². The van der Waals surface area contributed by atoms with Gasteiger partial charge in [0.15, 0.2) is 11.6 Å². The van der Waals surface area contributed by atoms with Crippen molar-refractivity contribution in [2.24, 2.45) is 0 Å². The SMILES string of the molecule is [C-]#[N+]c1cnc(NC(=O)CN2CC3(CC3)c3cc(Br)ccc3C2=O)c(F)c1C. The second-order valence-corrected chi connectivity index (χ2v) is 8.14. The van der Waals surface area contributed by atoms with Crippen molar-refractivity contribution in [3.05, 3.63) is 62.8 Å². The van der Waals surface area contributed by atoms with Gasteiger partial charge in [0.2, 0.25) is 11.6 Å². The Kier molecular flexibility index (Phi) is 4.42. The summed E-state index contributed by atoms with van der Waals surface area (Å²) in [4.78, 5) is 33.8. The molecule has 0 unspecified atom stereocenters. The molecule has 8 heteroatoms. The molecule has 4 rings (SSSR count). The van der Waals surface area contributed by atoms with Crippen molar-refractivity contribution in [1.82, 2.24) is 9.88 Å². The zero-order valence-corrected chi connectivity index (χ0v) is 16.6. The minimum atomic E-state index is -0.735. The molecule has 2 amide bonds. The van der Waals surface area contributed by atoms with E-state index >= 15 is 0 Å². The summed E-state index contributed by atoms with van der Waals surface area (Å²) in [5.41, 5.74) is 1.78. The number of amides is 2. The number of pyridine rings is 1. The third-order valence-electron chi connectivity index (χ3n) is 5.37. The lowest BCUT2D eigenvalue weighted by atomic mass is 9.86. The van der Waals surface area contributed by atoms with Crippen LogP contribution in [0.4, 0.5) is 15.9 Å². The number of halogens is 2. The van der Waals surface area contributed by atoms with Crippen LogP contribution in [-0.4, -0.2) is 34.8 Å². The number of carbonyl (C=O) groups is 2. The van der Waals surface area contributed by atoms with Crippen LogP contribution in [0.15, 0.2) is 28.9 Å². The van der Waals surface area contributed by atoms with Gasteiger partial charge < -0.3 is 10.2 Å². The lowest BCUT2D eigenvalue weighted by Gasteiger charge is -2.34. The number of carbonyl (C=O) groups excluding carboxylic acids is 2. The van der Waals surface area contributed by atoms with Gasteiger partial charge in [0.1, 0.15) is 6.54 Å². The summed E-state index contributed by atoms with van der Waals surface area (Å²) in [6.07, 6.45) is 3.16. The van der Waals surface area contributed by atoms with E-state index in [2.05, 4.69) is 31.1 Å². The summed E-state index contributed by atoms with van der Waals surface area (Å²) in [7, 11) is 0. The van der Waals surface area contributed by atoms with Gasteiger partial charge in [0.25, 0.3) is 5.91 Å². The van der Waals surface area contributed by atoms with Crippen LogP contribution < -0.4 is 5.32 Å². The molecule has 0 radical (unpaired) electrons. The average Bonchev–Trinajstić information content (AvgIpc) is 3.44. The summed E-state index contributed by atoms with van der Waals surface area (Å²) in [5, 5.41) is 2.42. The zero-order valence-electron chi connectivity index (χ0n) is 15.1. The lowest BCUT2D eigenvalue weighted by molar-refractivity contribution is -0.117. The summed E-state index contributed by atoms with van der Waals surface area (Å²) in [6.45, 7) is 8.73. The van der Waals surface area contributed by atoms with Crippen LogP contribution in [0.1, 0.15) is 34.3 Å². The number of nitrogens with one attached hydrogen (secondary N) is 1. The van der Waals surface area contributed by atoms with Crippen molar-refractivity contribution < 1.29 is 14.0 Å². The Morgan fingerprint density at radius 1 is 1.46 bits per heavy atom. The van der Waals surface area contributed by atoms with E-state index in [0.29, 0.717) is 12.1 Å². The second-order valence-electron chi connectivity index (χ2n) is 7.22. The van der Waals surface area contributed by atoms with Gasteiger partial charge in [0, 0.05) is 28.2 Å². The van der Waals surface area contributed by atoms with Gasteiger partial charge in [0.05, 0.1) is 6.57 Å². The third kappa shape index (κ3) is 3.06. The molecule has 1 aliphatic carbocycles. The Morgan fingerprint density at radius 3 is 2.89 bits per heavy atom. The van der Waals surface area contributed by atoms with Crippen LogP contribution in [0.3, 0.4) is 0 Å². The molecule has 1 aromatic carbocycles. The Labute approximate surface area is 169 Å². The number of benzene rings is 1. The largest absolute Gasteiger partial charge is 0.328 e. The highest BCUT2D eigenvalue weighted by Gasteiger charge is 2.51. The molecule has 2 aromatic rings. The first-order valence-corrected chi connectivity index (χ1v) is 9.56. The predicted octanol–water partition coefficient (Wildman–Crippen LogP) is 3.97. The molecule has 0 atom stereocenters. The second kappa shape index (κ2) is 6.67. The maximum atomic E-state index is 14.3. The number of hydrogen-bond acceptors (Lipinski definition) is 3. The van der Waals surface area contributed by atoms with Crippen molar-refractivity contribution >= 4 is 39.2 Å². The molecule has 2 heterocycles.